The van der Waals surface area contributed by atoms with Gasteiger partial charge in [0.05, 0.1) is 19.9 Å². The summed E-state index contributed by atoms with van der Waals surface area (Å²) in [6, 6.07) is 13.7. The van der Waals surface area contributed by atoms with Gasteiger partial charge in [-0.15, -0.1) is 0 Å². The molecule has 0 radical (unpaired) electrons. The highest BCUT2D eigenvalue weighted by molar-refractivity contribution is 6.19. The zero-order chi connectivity index (χ0) is 22.0. The Morgan fingerprint density at radius 3 is 2.26 bits per heavy atom. The van der Waals surface area contributed by atoms with Crippen LogP contribution in [0.3, 0.4) is 0 Å². The van der Waals surface area contributed by atoms with E-state index in [4.69, 9.17) is 9.47 Å². The molecule has 0 unspecified atom stereocenters. The van der Waals surface area contributed by atoms with E-state index < -0.39 is 0 Å². The topological polar surface area (TPSA) is 79.4 Å². The first kappa shape index (κ1) is 20.7. The van der Waals surface area contributed by atoms with Crippen molar-refractivity contribution in [3.8, 4) is 11.5 Å². The Hall–Kier alpha value is -3.55. The van der Waals surface area contributed by atoms with Gasteiger partial charge in [-0.3, -0.25) is 9.59 Å². The number of amides is 4. The molecule has 0 aromatic heterocycles. The van der Waals surface area contributed by atoms with Crippen LogP contribution in [0.5, 0.6) is 11.5 Å². The van der Waals surface area contributed by atoms with Crippen molar-refractivity contribution in [1.82, 2.24) is 9.80 Å². The number of piperidine rings is 1. The van der Waals surface area contributed by atoms with Crippen molar-refractivity contribution < 1.29 is 23.9 Å². The molecule has 0 saturated carbocycles. The summed E-state index contributed by atoms with van der Waals surface area (Å²) in [7, 11) is 3.08. The highest BCUT2D eigenvalue weighted by Crippen LogP contribution is 2.30. The second-order valence-corrected chi connectivity index (χ2v) is 7.57. The van der Waals surface area contributed by atoms with Crippen LogP contribution in [-0.2, 0) is 4.79 Å². The van der Waals surface area contributed by atoms with Gasteiger partial charge in [0.15, 0.2) is 11.5 Å². The first-order valence-electron chi connectivity index (χ1n) is 10.2. The fourth-order valence-corrected chi connectivity index (χ4v) is 4.17. The largest absolute Gasteiger partial charge is 0.493 e. The summed E-state index contributed by atoms with van der Waals surface area (Å²) in [4.78, 5) is 43.0. The maximum absolute atomic E-state index is 12.9. The minimum atomic E-state index is -0.291. The van der Waals surface area contributed by atoms with Crippen LogP contribution in [0.4, 0.5) is 10.5 Å². The molecule has 31 heavy (non-hydrogen) atoms. The number of urea groups is 1. The van der Waals surface area contributed by atoms with Gasteiger partial charge in [0.2, 0.25) is 0 Å². The summed E-state index contributed by atoms with van der Waals surface area (Å²) in [5.74, 6) is 0.762. The Labute approximate surface area is 180 Å². The van der Waals surface area contributed by atoms with E-state index in [0.29, 0.717) is 48.7 Å². The lowest BCUT2D eigenvalue weighted by atomic mass is 10.0. The first-order chi connectivity index (χ1) is 15.0. The Balaban J connectivity index is 1.40. The maximum Gasteiger partial charge on any atom is 0.332 e. The molecule has 8 heteroatoms. The van der Waals surface area contributed by atoms with E-state index in [9.17, 15) is 14.4 Å². The van der Waals surface area contributed by atoms with Crippen molar-refractivity contribution in [2.75, 3.05) is 38.8 Å². The first-order valence-corrected chi connectivity index (χ1v) is 10.2. The second kappa shape index (κ2) is 8.67. The predicted molar refractivity (Wildman–Crippen MR) is 115 cm³/mol. The van der Waals surface area contributed by atoms with Crippen LogP contribution < -0.4 is 14.4 Å². The second-order valence-electron chi connectivity index (χ2n) is 7.57. The number of carbonyl (C=O) groups is 3. The number of anilines is 1. The molecule has 0 N–H and O–H groups in total. The van der Waals surface area contributed by atoms with Gasteiger partial charge in [0, 0.05) is 24.7 Å². The number of methoxy groups -OCH3 is 2. The summed E-state index contributed by atoms with van der Waals surface area (Å²) in [6.45, 7) is 1.10. The number of carbonyl (C=O) groups excluding carboxylic acids is 3. The minimum absolute atomic E-state index is 0.0698. The van der Waals surface area contributed by atoms with Crippen molar-refractivity contribution in [3.05, 3.63) is 54.1 Å². The van der Waals surface area contributed by atoms with E-state index >= 15 is 0 Å². The smallest absolute Gasteiger partial charge is 0.332 e. The van der Waals surface area contributed by atoms with E-state index in [1.807, 2.05) is 6.07 Å². The number of likely N-dealkylation sites (tertiary alicyclic amines) is 1. The summed E-state index contributed by atoms with van der Waals surface area (Å²) < 4.78 is 10.5. The van der Waals surface area contributed by atoms with Gasteiger partial charge >= 0.3 is 6.03 Å². The molecule has 162 valence electrons. The van der Waals surface area contributed by atoms with Crippen LogP contribution in [0.1, 0.15) is 23.2 Å². The fraction of sp³-hybridized carbons (Fsp3) is 0.348. The lowest BCUT2D eigenvalue weighted by molar-refractivity contribution is -0.116. The van der Waals surface area contributed by atoms with Crippen molar-refractivity contribution in [1.29, 1.82) is 0 Å². The molecule has 2 aliphatic rings. The van der Waals surface area contributed by atoms with Gasteiger partial charge in [-0.2, -0.15) is 0 Å². The van der Waals surface area contributed by atoms with E-state index in [1.165, 1.54) is 12.0 Å². The molecular weight excluding hydrogens is 398 g/mol. The number of para-hydroxylation sites is 1. The molecule has 2 aromatic carbocycles. The number of ether oxygens (including phenoxy) is 2. The standard InChI is InChI=1S/C23H25N3O5/c1-30-19-9-8-16(14-20(19)31-2)22(28)24-12-10-17(11-13-24)25-15-21(27)26(23(25)29)18-6-4-3-5-7-18/h3-9,14,17H,10-13,15H2,1-2H3. The van der Waals surface area contributed by atoms with Crippen LogP contribution in [0.25, 0.3) is 0 Å². The summed E-state index contributed by atoms with van der Waals surface area (Å²) in [6.07, 6.45) is 1.25. The van der Waals surface area contributed by atoms with Gasteiger partial charge in [-0.1, -0.05) is 18.2 Å². The molecule has 2 aromatic rings. The zero-order valence-corrected chi connectivity index (χ0v) is 17.6. The van der Waals surface area contributed by atoms with Crippen LogP contribution in [0.15, 0.2) is 48.5 Å². The Bertz CT molecular complexity index is 986. The highest BCUT2D eigenvalue weighted by Gasteiger charge is 2.41. The van der Waals surface area contributed by atoms with Crippen molar-refractivity contribution in [2.24, 2.45) is 0 Å². The van der Waals surface area contributed by atoms with Crippen LogP contribution in [0.2, 0.25) is 0 Å². The van der Waals surface area contributed by atoms with Crippen LogP contribution in [-0.4, -0.2) is 67.5 Å². The highest BCUT2D eigenvalue weighted by atomic mass is 16.5. The molecule has 0 atom stereocenters. The predicted octanol–water partition coefficient (Wildman–Crippen LogP) is 2.78. The van der Waals surface area contributed by atoms with Gasteiger partial charge in [-0.25, -0.2) is 9.69 Å². The van der Waals surface area contributed by atoms with E-state index in [-0.39, 0.29) is 30.4 Å². The van der Waals surface area contributed by atoms with Crippen LogP contribution >= 0.6 is 0 Å². The molecule has 2 heterocycles. The van der Waals surface area contributed by atoms with E-state index in [1.54, 1.807) is 59.4 Å². The molecule has 0 aliphatic carbocycles. The minimum Gasteiger partial charge on any atom is -0.493 e. The SMILES string of the molecule is COc1ccc(C(=O)N2CCC(N3CC(=O)N(c4ccccc4)C3=O)CC2)cc1OC. The van der Waals surface area contributed by atoms with Gasteiger partial charge in [0.1, 0.15) is 6.54 Å². The summed E-state index contributed by atoms with van der Waals surface area (Å²) in [5, 5.41) is 0. The molecule has 4 rings (SSSR count). The molecule has 4 amide bonds. The summed E-state index contributed by atoms with van der Waals surface area (Å²) >= 11 is 0. The number of nitrogens with zero attached hydrogens (tertiary/aromatic N) is 3. The third-order valence-corrected chi connectivity index (χ3v) is 5.83. The average molecular weight is 423 g/mol. The van der Waals surface area contributed by atoms with Crippen molar-refractivity contribution in [2.45, 2.75) is 18.9 Å². The van der Waals surface area contributed by atoms with E-state index in [2.05, 4.69) is 0 Å². The Morgan fingerprint density at radius 2 is 1.61 bits per heavy atom. The monoisotopic (exact) mass is 423 g/mol. The maximum atomic E-state index is 12.9. The Kier molecular flexibility index (Phi) is 5.79. The number of hydrogen-bond donors (Lipinski definition) is 0. The molecule has 0 bridgehead atoms. The number of hydrogen-bond acceptors (Lipinski definition) is 5. The molecule has 2 aliphatic heterocycles. The molecular formula is C23H25N3O5. The molecule has 2 fully saturated rings. The molecule has 2 saturated heterocycles. The quantitative estimate of drug-likeness (QED) is 0.691. The number of rotatable bonds is 5. The third kappa shape index (κ3) is 3.93. The molecule has 8 nitrogen and oxygen atoms in total. The van der Waals surface area contributed by atoms with Crippen molar-refractivity contribution >= 4 is 23.5 Å². The average Bonchev–Trinajstić information content (AvgIpc) is 3.12. The number of imide groups is 1. The van der Waals surface area contributed by atoms with Crippen molar-refractivity contribution in [3.63, 3.8) is 0 Å². The van der Waals surface area contributed by atoms with Gasteiger partial charge < -0.3 is 19.3 Å². The fourth-order valence-electron chi connectivity index (χ4n) is 4.17. The Morgan fingerprint density at radius 1 is 0.935 bits per heavy atom. The lowest BCUT2D eigenvalue weighted by Gasteiger charge is -2.36. The number of benzene rings is 2. The normalized spacial score (nSPS) is 17.3. The third-order valence-electron chi connectivity index (χ3n) is 5.83. The zero-order valence-electron chi connectivity index (χ0n) is 17.6. The lowest BCUT2D eigenvalue weighted by Crippen LogP contribution is -2.48. The van der Waals surface area contributed by atoms with Gasteiger partial charge in [-0.05, 0) is 43.2 Å². The van der Waals surface area contributed by atoms with E-state index in [0.717, 1.165) is 0 Å². The van der Waals surface area contributed by atoms with Crippen LogP contribution in [0, 0.1) is 0 Å². The van der Waals surface area contributed by atoms with Gasteiger partial charge in [0.25, 0.3) is 11.8 Å². The summed E-state index contributed by atoms with van der Waals surface area (Å²) in [5.41, 5.74) is 1.11. The molecule has 0 spiro atoms.